The van der Waals surface area contributed by atoms with E-state index in [1.54, 1.807) is 24.4 Å². The normalized spacial score (nSPS) is 16.4. The van der Waals surface area contributed by atoms with Gasteiger partial charge in [0, 0.05) is 25.4 Å². The first-order valence-electron chi connectivity index (χ1n) is 9.95. The van der Waals surface area contributed by atoms with Crippen LogP contribution in [0.25, 0.3) is 0 Å². The van der Waals surface area contributed by atoms with Crippen LogP contribution < -0.4 is 10.1 Å². The molecule has 1 aliphatic rings. The van der Waals surface area contributed by atoms with Crippen molar-refractivity contribution in [2.75, 3.05) is 13.1 Å². The van der Waals surface area contributed by atoms with Crippen LogP contribution in [-0.2, 0) is 17.9 Å². The summed E-state index contributed by atoms with van der Waals surface area (Å²) < 4.78 is 18.7. The van der Waals surface area contributed by atoms with Crippen LogP contribution >= 0.6 is 0 Å². The summed E-state index contributed by atoms with van der Waals surface area (Å²) in [6, 6.07) is 17.1. The van der Waals surface area contributed by atoms with Crippen molar-refractivity contribution in [1.29, 1.82) is 0 Å². The molecular weight excluding hydrogens is 383 g/mol. The predicted octanol–water partition coefficient (Wildman–Crippen LogP) is 3.55. The van der Waals surface area contributed by atoms with Crippen molar-refractivity contribution in [3.05, 3.63) is 84.1 Å². The van der Waals surface area contributed by atoms with Gasteiger partial charge in [0.15, 0.2) is 0 Å². The lowest BCUT2D eigenvalue weighted by Gasteiger charge is -2.16. The number of hydrogen-bond acceptors (Lipinski definition) is 5. The summed E-state index contributed by atoms with van der Waals surface area (Å²) in [6.45, 7) is 2.62. The van der Waals surface area contributed by atoms with E-state index in [-0.39, 0.29) is 17.6 Å². The average molecular weight is 406 g/mol. The molecule has 3 heterocycles. The third kappa shape index (κ3) is 5.39. The molecule has 6 nitrogen and oxygen atoms in total. The molecule has 0 radical (unpaired) electrons. The van der Waals surface area contributed by atoms with E-state index >= 15 is 0 Å². The molecule has 1 atom stereocenters. The number of rotatable bonds is 7. The molecule has 0 saturated carbocycles. The Kier molecular flexibility index (Phi) is 6.29. The maximum absolute atomic E-state index is 13.0. The maximum Gasteiger partial charge on any atom is 0.224 e. The molecule has 1 aliphatic heterocycles. The third-order valence-electron chi connectivity index (χ3n) is 5.02. The molecule has 1 amide bonds. The van der Waals surface area contributed by atoms with Crippen molar-refractivity contribution < 1.29 is 13.9 Å². The highest BCUT2D eigenvalue weighted by Gasteiger charge is 2.28. The highest BCUT2D eigenvalue weighted by atomic mass is 19.1. The highest BCUT2D eigenvalue weighted by Crippen LogP contribution is 2.22. The molecule has 2 aromatic heterocycles. The Morgan fingerprint density at radius 1 is 1.10 bits per heavy atom. The van der Waals surface area contributed by atoms with Crippen molar-refractivity contribution in [1.82, 2.24) is 20.2 Å². The van der Waals surface area contributed by atoms with E-state index in [4.69, 9.17) is 4.74 Å². The van der Waals surface area contributed by atoms with Gasteiger partial charge in [-0.3, -0.25) is 14.7 Å². The van der Waals surface area contributed by atoms with Crippen LogP contribution in [0.2, 0.25) is 0 Å². The zero-order valence-corrected chi connectivity index (χ0v) is 16.5. The van der Waals surface area contributed by atoms with Crippen LogP contribution in [-0.4, -0.2) is 33.9 Å². The van der Waals surface area contributed by atoms with Gasteiger partial charge in [-0.05, 0) is 55.4 Å². The molecular formula is C23H23FN4O2. The molecule has 1 fully saturated rings. The van der Waals surface area contributed by atoms with Crippen LogP contribution in [0.1, 0.15) is 17.8 Å². The van der Waals surface area contributed by atoms with Gasteiger partial charge in [-0.15, -0.1) is 0 Å². The lowest BCUT2D eigenvalue weighted by Crippen LogP contribution is -2.32. The number of benzene rings is 1. The topological polar surface area (TPSA) is 67.4 Å². The van der Waals surface area contributed by atoms with Crippen molar-refractivity contribution in [2.24, 2.45) is 5.92 Å². The van der Waals surface area contributed by atoms with Crippen LogP contribution in [0.5, 0.6) is 11.6 Å². The standard InChI is InChI=1S/C23H23FN4O2/c24-18-7-9-21(10-8-18)30-22-6-3-5-20(27-22)16-28-13-11-17(15-28)23(29)26-14-19-4-1-2-12-25-19/h1-10,12,17H,11,13-16H2,(H,26,29). The van der Waals surface area contributed by atoms with Crippen LogP contribution in [0.3, 0.4) is 0 Å². The van der Waals surface area contributed by atoms with E-state index in [0.717, 1.165) is 24.4 Å². The minimum Gasteiger partial charge on any atom is -0.439 e. The van der Waals surface area contributed by atoms with Crippen molar-refractivity contribution in [3.63, 3.8) is 0 Å². The summed E-state index contributed by atoms with van der Waals surface area (Å²) in [6.07, 6.45) is 2.54. The molecule has 1 saturated heterocycles. The van der Waals surface area contributed by atoms with Crippen LogP contribution in [0.15, 0.2) is 66.9 Å². The van der Waals surface area contributed by atoms with Gasteiger partial charge in [-0.25, -0.2) is 9.37 Å². The summed E-state index contributed by atoms with van der Waals surface area (Å²) in [4.78, 5) is 23.4. The van der Waals surface area contributed by atoms with Crippen molar-refractivity contribution in [3.8, 4) is 11.6 Å². The van der Waals surface area contributed by atoms with Gasteiger partial charge in [0.05, 0.1) is 23.9 Å². The fraction of sp³-hybridized carbons (Fsp3) is 0.261. The SMILES string of the molecule is O=C(NCc1ccccn1)C1CCN(Cc2cccc(Oc3ccc(F)cc3)n2)C1. The minimum atomic E-state index is -0.309. The molecule has 30 heavy (non-hydrogen) atoms. The molecule has 1 N–H and O–H groups in total. The first-order chi connectivity index (χ1) is 14.7. The summed E-state index contributed by atoms with van der Waals surface area (Å²) in [7, 11) is 0. The van der Waals surface area contributed by atoms with E-state index in [9.17, 15) is 9.18 Å². The number of pyridine rings is 2. The molecule has 0 bridgehead atoms. The number of halogens is 1. The Balaban J connectivity index is 1.28. The van der Waals surface area contributed by atoms with Crippen LogP contribution in [0, 0.1) is 11.7 Å². The maximum atomic E-state index is 13.0. The fourth-order valence-corrected chi connectivity index (χ4v) is 3.47. The number of nitrogens with one attached hydrogen (secondary N) is 1. The first kappa shape index (κ1) is 20.0. The number of hydrogen-bond donors (Lipinski definition) is 1. The fourth-order valence-electron chi connectivity index (χ4n) is 3.47. The molecule has 3 aromatic rings. The average Bonchev–Trinajstić information content (AvgIpc) is 3.23. The number of amides is 1. The smallest absolute Gasteiger partial charge is 0.224 e. The summed E-state index contributed by atoms with van der Waals surface area (Å²) >= 11 is 0. The van der Waals surface area contributed by atoms with E-state index < -0.39 is 0 Å². The molecule has 1 unspecified atom stereocenters. The number of carbonyl (C=O) groups is 1. The second-order valence-electron chi connectivity index (χ2n) is 7.28. The van der Waals surface area contributed by atoms with Crippen molar-refractivity contribution >= 4 is 5.91 Å². The van der Waals surface area contributed by atoms with Gasteiger partial charge < -0.3 is 10.1 Å². The quantitative estimate of drug-likeness (QED) is 0.650. The molecule has 0 aliphatic carbocycles. The van der Waals surface area contributed by atoms with Gasteiger partial charge in [0.2, 0.25) is 11.8 Å². The van der Waals surface area contributed by atoms with E-state index in [1.165, 1.54) is 12.1 Å². The van der Waals surface area contributed by atoms with E-state index in [1.807, 2.05) is 30.3 Å². The Morgan fingerprint density at radius 2 is 1.93 bits per heavy atom. The highest BCUT2D eigenvalue weighted by molar-refractivity contribution is 5.79. The van der Waals surface area contributed by atoms with Gasteiger partial charge in [-0.1, -0.05) is 12.1 Å². The van der Waals surface area contributed by atoms with Gasteiger partial charge in [0.25, 0.3) is 0 Å². The number of nitrogens with zero attached hydrogens (tertiary/aromatic N) is 3. The Bertz CT molecular complexity index is 982. The number of aromatic nitrogens is 2. The van der Waals surface area contributed by atoms with Gasteiger partial charge in [0.1, 0.15) is 11.6 Å². The third-order valence-corrected chi connectivity index (χ3v) is 5.02. The zero-order valence-electron chi connectivity index (χ0n) is 16.5. The Hall–Kier alpha value is -3.32. The molecule has 0 spiro atoms. The lowest BCUT2D eigenvalue weighted by molar-refractivity contribution is -0.124. The number of carbonyl (C=O) groups excluding carboxylic acids is 1. The zero-order chi connectivity index (χ0) is 20.8. The molecule has 4 rings (SSSR count). The monoisotopic (exact) mass is 406 g/mol. The predicted molar refractivity (Wildman–Crippen MR) is 110 cm³/mol. The van der Waals surface area contributed by atoms with E-state index in [2.05, 4.69) is 20.2 Å². The van der Waals surface area contributed by atoms with Crippen LogP contribution in [0.4, 0.5) is 4.39 Å². The largest absolute Gasteiger partial charge is 0.439 e. The first-order valence-corrected chi connectivity index (χ1v) is 9.95. The lowest BCUT2D eigenvalue weighted by atomic mass is 10.1. The second-order valence-corrected chi connectivity index (χ2v) is 7.28. The molecule has 1 aromatic carbocycles. The molecule has 154 valence electrons. The van der Waals surface area contributed by atoms with Gasteiger partial charge in [-0.2, -0.15) is 0 Å². The number of ether oxygens (including phenoxy) is 1. The Labute approximate surface area is 174 Å². The minimum absolute atomic E-state index is 0.0349. The second kappa shape index (κ2) is 9.45. The van der Waals surface area contributed by atoms with Gasteiger partial charge >= 0.3 is 0 Å². The summed E-state index contributed by atoms with van der Waals surface area (Å²) in [5.41, 5.74) is 1.71. The summed E-state index contributed by atoms with van der Waals surface area (Å²) in [5, 5.41) is 2.98. The Morgan fingerprint density at radius 3 is 2.73 bits per heavy atom. The number of likely N-dealkylation sites (tertiary alicyclic amines) is 1. The summed E-state index contributed by atoms with van der Waals surface area (Å²) in [5.74, 6) is 0.711. The molecule has 7 heteroatoms. The van der Waals surface area contributed by atoms with Crippen molar-refractivity contribution in [2.45, 2.75) is 19.5 Å². The van der Waals surface area contributed by atoms with E-state index in [0.29, 0.717) is 31.3 Å².